The molecule has 5 aromatic rings. The molecule has 5 heterocycles. The average Bonchev–Trinajstić information content (AvgIpc) is 3.60. The van der Waals surface area contributed by atoms with Gasteiger partial charge in [-0.15, -0.1) is 0 Å². The fourth-order valence-electron chi connectivity index (χ4n) is 9.86. The molecule has 328 valence electrons. The maximum atomic E-state index is 15.1. The van der Waals surface area contributed by atoms with Crippen LogP contribution in [0, 0.1) is 22.6 Å². The molecule has 2 N–H and O–H groups in total. The number of hydrogen-bond acceptors (Lipinski definition) is 12. The topological polar surface area (TPSA) is 171 Å². The van der Waals surface area contributed by atoms with E-state index < -0.39 is 11.7 Å². The van der Waals surface area contributed by atoms with Gasteiger partial charge in [-0.05, 0) is 118 Å². The molecule has 1 aliphatic carbocycles. The molecule has 17 heteroatoms. The number of likely N-dealkylation sites (tertiary alicyclic amines) is 2. The van der Waals surface area contributed by atoms with E-state index in [2.05, 4.69) is 44.2 Å². The summed E-state index contributed by atoms with van der Waals surface area (Å²) in [5.41, 5.74) is 3.73. The Morgan fingerprint density at radius 1 is 1.05 bits per heavy atom. The fourth-order valence-corrected chi connectivity index (χ4v) is 10.4. The number of fused-ring (bicyclic) bond motifs is 2. The fraction of sp³-hybridized carbons (Fsp3) is 0.457. The minimum absolute atomic E-state index is 0.0161. The number of carbonyl (C=O) groups is 3. The molecule has 1 atom stereocenters. The normalized spacial score (nSPS) is 19.7. The van der Waals surface area contributed by atoms with Crippen LogP contribution < -0.4 is 20.3 Å². The zero-order chi connectivity index (χ0) is 44.0. The molecule has 0 radical (unpaired) electrons. The molecule has 3 aromatic carbocycles. The molecule has 1 spiro atoms. The summed E-state index contributed by atoms with van der Waals surface area (Å²) in [6, 6.07) is 16.0. The summed E-state index contributed by atoms with van der Waals surface area (Å²) in [5.74, 6) is -1.11. The number of benzene rings is 3. The first-order valence-electron chi connectivity index (χ1n) is 21.8. The van der Waals surface area contributed by atoms with Crippen molar-refractivity contribution >= 4 is 57.3 Å². The Labute approximate surface area is 368 Å². The third kappa shape index (κ3) is 8.39. The lowest BCUT2D eigenvalue weighted by atomic mass is 9.60. The largest absolute Gasteiger partial charge is 0.453 e. The Morgan fingerprint density at radius 2 is 1.83 bits per heavy atom. The third-order valence-corrected chi connectivity index (χ3v) is 14.6. The third-order valence-electron chi connectivity index (χ3n) is 13.8. The molecule has 63 heavy (non-hydrogen) atoms. The quantitative estimate of drug-likeness (QED) is 0.111. The van der Waals surface area contributed by atoms with Crippen molar-refractivity contribution in [2.24, 2.45) is 12.5 Å². The summed E-state index contributed by atoms with van der Waals surface area (Å²) in [6.45, 7) is 6.22. The van der Waals surface area contributed by atoms with Gasteiger partial charge < -0.3 is 14.4 Å². The van der Waals surface area contributed by atoms with Crippen LogP contribution in [0.1, 0.15) is 93.0 Å². The van der Waals surface area contributed by atoms with Gasteiger partial charge in [0.1, 0.15) is 17.4 Å². The lowest BCUT2D eigenvalue weighted by molar-refractivity contribution is -0.137. The first-order valence-corrected chi connectivity index (χ1v) is 22.6. The van der Waals surface area contributed by atoms with Crippen LogP contribution in [0.5, 0.6) is 11.5 Å². The van der Waals surface area contributed by atoms with Crippen molar-refractivity contribution in [2.45, 2.75) is 76.2 Å². The standard InChI is InChI=1S/C46H51FN10O5S/c1-4-53(2)63-52-38-11-9-36(47)43(35(38)25-48)62-31-6-10-37-34(22-31)45(61)57(27-49-37)30-23-46(24-30)15-19-56(20-16-46)41(59)26-55-17-13-28(14-18-55)29-5-7-32-39(21-29)54(3)51-42(32)33-8-12-40(58)50-44(33)60/h5-7,9-11,21-22,27-28,30,33,52H,4,8,12-20,23-24,26H2,1-3H3,(H,50,58,60). The SMILES string of the molecule is CCN(C)SNc1ccc(F)c(Oc2ccc3ncn(C4CC5(CCN(C(=O)CN6CCC(c7ccc8c(C9CCC(=O)NC9=O)nn(C)c8c7)CC6)CC5)C4)c(=O)c3c2)c1C#N. The van der Waals surface area contributed by atoms with Gasteiger partial charge in [-0.25, -0.2) is 13.7 Å². The summed E-state index contributed by atoms with van der Waals surface area (Å²) in [6.07, 6.45) is 7.71. The van der Waals surface area contributed by atoms with Crippen LogP contribution >= 0.6 is 12.1 Å². The van der Waals surface area contributed by atoms with Crippen molar-refractivity contribution in [3.8, 4) is 17.6 Å². The van der Waals surface area contributed by atoms with Gasteiger partial charge in [-0.3, -0.25) is 38.6 Å². The summed E-state index contributed by atoms with van der Waals surface area (Å²) in [7, 11) is 3.78. The molecular formula is C46H51FN10O5S. The van der Waals surface area contributed by atoms with Crippen LogP contribution in [0.4, 0.5) is 10.1 Å². The van der Waals surface area contributed by atoms with Gasteiger partial charge in [-0.2, -0.15) is 10.4 Å². The van der Waals surface area contributed by atoms with E-state index >= 15 is 4.39 Å². The van der Waals surface area contributed by atoms with Crippen LogP contribution in [-0.2, 0) is 21.4 Å². The zero-order valence-electron chi connectivity index (χ0n) is 35.7. The highest BCUT2D eigenvalue weighted by Crippen LogP contribution is 2.54. The van der Waals surface area contributed by atoms with Gasteiger partial charge >= 0.3 is 0 Å². The Kier molecular flexibility index (Phi) is 11.7. The van der Waals surface area contributed by atoms with Crippen LogP contribution in [-0.4, -0.2) is 97.5 Å². The van der Waals surface area contributed by atoms with Crippen molar-refractivity contribution in [2.75, 3.05) is 51.0 Å². The summed E-state index contributed by atoms with van der Waals surface area (Å²) >= 11 is 1.28. The molecule has 1 saturated carbocycles. The maximum absolute atomic E-state index is 15.1. The van der Waals surface area contributed by atoms with Gasteiger partial charge in [0.25, 0.3) is 5.56 Å². The predicted molar refractivity (Wildman–Crippen MR) is 237 cm³/mol. The highest BCUT2D eigenvalue weighted by Gasteiger charge is 2.47. The van der Waals surface area contributed by atoms with Gasteiger partial charge in [-0.1, -0.05) is 19.1 Å². The van der Waals surface area contributed by atoms with Gasteiger partial charge in [0.05, 0.1) is 46.6 Å². The monoisotopic (exact) mass is 874 g/mol. The number of anilines is 1. The predicted octanol–water partition coefficient (Wildman–Crippen LogP) is 6.36. The molecule has 2 aromatic heterocycles. The second kappa shape index (κ2) is 17.4. The van der Waals surface area contributed by atoms with E-state index in [-0.39, 0.29) is 51.8 Å². The molecule has 3 amide bonds. The second-order valence-electron chi connectivity index (χ2n) is 17.6. The van der Waals surface area contributed by atoms with Crippen LogP contribution in [0.3, 0.4) is 0 Å². The van der Waals surface area contributed by atoms with Gasteiger partial charge in [0, 0.05) is 56.7 Å². The number of nitrogens with zero attached hydrogens (tertiary/aromatic N) is 8. The van der Waals surface area contributed by atoms with E-state index in [0.717, 1.165) is 74.8 Å². The zero-order valence-corrected chi connectivity index (χ0v) is 36.5. The summed E-state index contributed by atoms with van der Waals surface area (Å²) in [4.78, 5) is 60.5. The van der Waals surface area contributed by atoms with Crippen molar-refractivity contribution < 1.29 is 23.5 Å². The van der Waals surface area contributed by atoms with E-state index in [1.165, 1.54) is 29.8 Å². The molecular weight excluding hydrogens is 824 g/mol. The Balaban J connectivity index is 0.773. The number of piperidine rings is 3. The highest BCUT2D eigenvalue weighted by atomic mass is 32.2. The van der Waals surface area contributed by atoms with Crippen molar-refractivity contribution in [3.63, 3.8) is 0 Å². The van der Waals surface area contributed by atoms with E-state index in [4.69, 9.17) is 9.84 Å². The van der Waals surface area contributed by atoms with E-state index in [9.17, 15) is 24.4 Å². The van der Waals surface area contributed by atoms with Gasteiger partial charge in [0.2, 0.25) is 17.7 Å². The molecule has 3 saturated heterocycles. The van der Waals surface area contributed by atoms with E-state index in [1.54, 1.807) is 29.1 Å². The Hall–Kier alpha value is -5.83. The molecule has 4 fully saturated rings. The number of rotatable bonds is 11. The Bertz CT molecular complexity index is 2710. The van der Waals surface area contributed by atoms with Crippen LogP contribution in [0.2, 0.25) is 0 Å². The number of imide groups is 1. The lowest BCUT2D eigenvalue weighted by Gasteiger charge is -2.52. The molecule has 4 aliphatic rings. The number of aromatic nitrogens is 4. The molecule has 3 aliphatic heterocycles. The maximum Gasteiger partial charge on any atom is 0.261 e. The van der Waals surface area contributed by atoms with Crippen molar-refractivity contribution in [1.82, 2.24) is 38.8 Å². The summed E-state index contributed by atoms with van der Waals surface area (Å²) in [5, 5.41) is 18.4. The van der Waals surface area contributed by atoms with Crippen LogP contribution in [0.15, 0.2) is 59.7 Å². The van der Waals surface area contributed by atoms with E-state index in [1.807, 2.05) is 34.9 Å². The first kappa shape index (κ1) is 42.5. The summed E-state index contributed by atoms with van der Waals surface area (Å²) < 4.78 is 29.5. The number of ether oxygens (including phenoxy) is 1. The number of amides is 3. The smallest absolute Gasteiger partial charge is 0.261 e. The number of nitriles is 1. The second-order valence-corrected chi connectivity index (χ2v) is 18.6. The van der Waals surface area contributed by atoms with Crippen LogP contribution in [0.25, 0.3) is 21.8 Å². The number of aryl methyl sites for hydroxylation is 1. The van der Waals surface area contributed by atoms with Gasteiger partial charge in [0.15, 0.2) is 11.6 Å². The highest BCUT2D eigenvalue weighted by molar-refractivity contribution is 7.98. The minimum Gasteiger partial charge on any atom is -0.453 e. The number of hydrogen-bond donors (Lipinski definition) is 2. The van der Waals surface area contributed by atoms with Crippen molar-refractivity contribution in [3.05, 3.63) is 87.9 Å². The minimum atomic E-state index is -0.690. The number of nitrogens with one attached hydrogen (secondary N) is 2. The molecule has 15 nitrogen and oxygen atoms in total. The average molecular weight is 875 g/mol. The molecule has 0 bridgehead atoms. The van der Waals surface area contributed by atoms with Crippen molar-refractivity contribution in [1.29, 1.82) is 5.26 Å². The Morgan fingerprint density at radius 3 is 2.56 bits per heavy atom. The van der Waals surface area contributed by atoms with E-state index in [0.29, 0.717) is 55.0 Å². The number of carbonyl (C=O) groups excluding carboxylic acids is 3. The molecule has 1 unspecified atom stereocenters. The number of halogens is 1. The molecule has 9 rings (SSSR count). The lowest BCUT2D eigenvalue weighted by Crippen LogP contribution is -2.52. The first-order chi connectivity index (χ1) is 30.4.